The van der Waals surface area contributed by atoms with Crippen molar-refractivity contribution in [3.8, 4) is 11.6 Å². The average molecular weight is 233 g/mol. The van der Waals surface area contributed by atoms with Crippen LogP contribution in [0.3, 0.4) is 0 Å². The van der Waals surface area contributed by atoms with Crippen LogP contribution < -0.4 is 4.74 Å². The molecule has 0 saturated carbocycles. The number of halogens is 1. The summed E-state index contributed by atoms with van der Waals surface area (Å²) in [5.41, 5.74) is 1.00. The van der Waals surface area contributed by atoms with Gasteiger partial charge in [0.05, 0.1) is 0 Å². The molecule has 1 N–H and O–H groups in total. The zero-order valence-electron chi connectivity index (χ0n) is 9.14. The van der Waals surface area contributed by atoms with Gasteiger partial charge in [-0.1, -0.05) is 12.1 Å². The summed E-state index contributed by atoms with van der Waals surface area (Å²) in [6.45, 7) is 0.106. The molecule has 88 valence electrons. The van der Waals surface area contributed by atoms with Gasteiger partial charge in [0, 0.05) is 12.8 Å². The summed E-state index contributed by atoms with van der Waals surface area (Å²) >= 11 is 0. The number of aliphatic hydroxyl groups is 1. The number of hydrogen-bond acceptors (Lipinski definition) is 3. The van der Waals surface area contributed by atoms with Crippen molar-refractivity contribution in [3.05, 3.63) is 54.0 Å². The quantitative estimate of drug-likeness (QED) is 0.882. The van der Waals surface area contributed by atoms with Crippen molar-refractivity contribution in [2.75, 3.05) is 6.61 Å². The van der Waals surface area contributed by atoms with E-state index >= 15 is 0 Å². The molecule has 2 rings (SSSR count). The lowest BCUT2D eigenvalue weighted by Gasteiger charge is -2.05. The van der Waals surface area contributed by atoms with Gasteiger partial charge in [0.1, 0.15) is 5.75 Å². The molecule has 17 heavy (non-hydrogen) atoms. The SMILES string of the molecule is OCCc1ccc(Oc2ncccc2F)cc1. The topological polar surface area (TPSA) is 42.4 Å². The minimum Gasteiger partial charge on any atom is -0.436 e. The first kappa shape index (κ1) is 11.5. The Labute approximate surface area is 98.5 Å². The van der Waals surface area contributed by atoms with Crippen LogP contribution in [-0.2, 0) is 6.42 Å². The largest absolute Gasteiger partial charge is 0.436 e. The molecule has 1 aromatic heterocycles. The highest BCUT2D eigenvalue weighted by Crippen LogP contribution is 2.21. The molecule has 0 saturated heterocycles. The fourth-order valence-electron chi connectivity index (χ4n) is 1.41. The number of benzene rings is 1. The van der Waals surface area contributed by atoms with Crippen molar-refractivity contribution in [1.82, 2.24) is 4.98 Å². The van der Waals surface area contributed by atoms with Gasteiger partial charge in [0.15, 0.2) is 5.82 Å². The third-order valence-electron chi connectivity index (χ3n) is 2.26. The summed E-state index contributed by atoms with van der Waals surface area (Å²) < 4.78 is 18.5. The van der Waals surface area contributed by atoms with E-state index < -0.39 is 5.82 Å². The second-order valence-corrected chi connectivity index (χ2v) is 3.51. The zero-order chi connectivity index (χ0) is 12.1. The van der Waals surface area contributed by atoms with Gasteiger partial charge in [-0.05, 0) is 36.2 Å². The van der Waals surface area contributed by atoms with Crippen LogP contribution in [-0.4, -0.2) is 16.7 Å². The van der Waals surface area contributed by atoms with Gasteiger partial charge in [-0.2, -0.15) is 0 Å². The van der Waals surface area contributed by atoms with Crippen LogP contribution in [0, 0.1) is 5.82 Å². The van der Waals surface area contributed by atoms with E-state index in [1.165, 1.54) is 18.3 Å². The van der Waals surface area contributed by atoms with Gasteiger partial charge in [-0.3, -0.25) is 0 Å². The summed E-state index contributed by atoms with van der Waals surface area (Å²) in [4.78, 5) is 3.80. The van der Waals surface area contributed by atoms with E-state index in [1.54, 1.807) is 12.1 Å². The maximum atomic E-state index is 13.3. The third kappa shape index (κ3) is 3.01. The van der Waals surface area contributed by atoms with Crippen molar-refractivity contribution >= 4 is 0 Å². The Morgan fingerprint density at radius 1 is 1.18 bits per heavy atom. The molecule has 0 spiro atoms. The zero-order valence-corrected chi connectivity index (χ0v) is 9.14. The fraction of sp³-hybridized carbons (Fsp3) is 0.154. The second-order valence-electron chi connectivity index (χ2n) is 3.51. The molecule has 1 aromatic carbocycles. The standard InChI is InChI=1S/C13H12FNO2/c14-12-2-1-8-15-13(12)17-11-5-3-10(4-6-11)7-9-16/h1-6,8,16H,7,9H2. The Balaban J connectivity index is 2.11. The lowest BCUT2D eigenvalue weighted by molar-refractivity contribution is 0.299. The summed E-state index contributed by atoms with van der Waals surface area (Å²) in [6, 6.07) is 9.89. The number of nitrogens with zero attached hydrogens (tertiary/aromatic N) is 1. The van der Waals surface area contributed by atoms with E-state index in [0.29, 0.717) is 12.2 Å². The maximum absolute atomic E-state index is 13.3. The van der Waals surface area contributed by atoms with Crippen molar-refractivity contribution in [2.24, 2.45) is 0 Å². The maximum Gasteiger partial charge on any atom is 0.255 e. The van der Waals surface area contributed by atoms with E-state index in [1.807, 2.05) is 12.1 Å². The fourth-order valence-corrected chi connectivity index (χ4v) is 1.41. The number of pyridine rings is 1. The van der Waals surface area contributed by atoms with Gasteiger partial charge < -0.3 is 9.84 Å². The van der Waals surface area contributed by atoms with Crippen LogP contribution in [0.1, 0.15) is 5.56 Å². The Bertz CT molecular complexity index is 485. The Hall–Kier alpha value is -1.94. The molecule has 0 bridgehead atoms. The Morgan fingerprint density at radius 3 is 2.59 bits per heavy atom. The molecule has 2 aromatic rings. The number of aliphatic hydroxyl groups excluding tert-OH is 1. The first-order chi connectivity index (χ1) is 8.29. The first-order valence-electron chi connectivity index (χ1n) is 5.28. The Morgan fingerprint density at radius 2 is 1.94 bits per heavy atom. The minimum absolute atomic E-state index is 0.0394. The monoisotopic (exact) mass is 233 g/mol. The summed E-state index contributed by atoms with van der Waals surface area (Å²) in [6.07, 6.45) is 2.07. The molecule has 0 unspecified atom stereocenters. The highest BCUT2D eigenvalue weighted by molar-refractivity contribution is 5.30. The van der Waals surface area contributed by atoms with Gasteiger partial charge in [-0.25, -0.2) is 9.37 Å². The number of aromatic nitrogens is 1. The van der Waals surface area contributed by atoms with Gasteiger partial charge in [-0.15, -0.1) is 0 Å². The van der Waals surface area contributed by atoms with E-state index in [4.69, 9.17) is 9.84 Å². The normalized spacial score (nSPS) is 10.2. The van der Waals surface area contributed by atoms with Crippen LogP contribution in [0.4, 0.5) is 4.39 Å². The minimum atomic E-state index is -0.494. The molecular weight excluding hydrogens is 221 g/mol. The predicted octanol–water partition coefficient (Wildman–Crippen LogP) is 2.55. The van der Waals surface area contributed by atoms with Crippen molar-refractivity contribution in [3.63, 3.8) is 0 Å². The van der Waals surface area contributed by atoms with Crippen LogP contribution in [0.25, 0.3) is 0 Å². The molecule has 3 nitrogen and oxygen atoms in total. The third-order valence-corrected chi connectivity index (χ3v) is 2.26. The number of hydrogen-bond donors (Lipinski definition) is 1. The van der Waals surface area contributed by atoms with Crippen LogP contribution in [0.15, 0.2) is 42.6 Å². The van der Waals surface area contributed by atoms with Crippen LogP contribution in [0.2, 0.25) is 0 Å². The molecule has 0 fully saturated rings. The van der Waals surface area contributed by atoms with Crippen molar-refractivity contribution in [2.45, 2.75) is 6.42 Å². The molecule has 0 amide bonds. The number of ether oxygens (including phenoxy) is 1. The molecule has 0 radical (unpaired) electrons. The van der Waals surface area contributed by atoms with E-state index in [9.17, 15) is 4.39 Å². The summed E-state index contributed by atoms with van der Waals surface area (Å²) in [7, 11) is 0. The lowest BCUT2D eigenvalue weighted by atomic mass is 10.1. The summed E-state index contributed by atoms with van der Waals surface area (Å²) in [5, 5.41) is 8.77. The van der Waals surface area contributed by atoms with Gasteiger partial charge >= 0.3 is 0 Å². The molecule has 4 heteroatoms. The summed E-state index contributed by atoms with van der Waals surface area (Å²) in [5.74, 6) is -0.0152. The van der Waals surface area contributed by atoms with Crippen LogP contribution >= 0.6 is 0 Å². The van der Waals surface area contributed by atoms with Gasteiger partial charge in [0.2, 0.25) is 0 Å². The van der Waals surface area contributed by atoms with Crippen molar-refractivity contribution in [1.29, 1.82) is 0 Å². The Kier molecular flexibility index (Phi) is 3.67. The molecule has 0 aliphatic carbocycles. The molecular formula is C13H12FNO2. The molecule has 1 heterocycles. The lowest BCUT2D eigenvalue weighted by Crippen LogP contribution is -1.93. The molecule has 0 atom stereocenters. The average Bonchev–Trinajstić information content (AvgIpc) is 2.35. The van der Waals surface area contributed by atoms with Gasteiger partial charge in [0.25, 0.3) is 5.88 Å². The highest BCUT2D eigenvalue weighted by atomic mass is 19.1. The molecule has 0 aliphatic heterocycles. The highest BCUT2D eigenvalue weighted by Gasteiger charge is 2.04. The first-order valence-corrected chi connectivity index (χ1v) is 5.28. The predicted molar refractivity (Wildman–Crippen MR) is 61.5 cm³/mol. The smallest absolute Gasteiger partial charge is 0.255 e. The van der Waals surface area contributed by atoms with E-state index in [-0.39, 0.29) is 12.5 Å². The van der Waals surface area contributed by atoms with Crippen LogP contribution in [0.5, 0.6) is 11.6 Å². The van der Waals surface area contributed by atoms with Crippen molar-refractivity contribution < 1.29 is 14.2 Å². The molecule has 0 aliphatic rings. The second kappa shape index (κ2) is 5.41. The number of rotatable bonds is 4. The van der Waals surface area contributed by atoms with E-state index in [0.717, 1.165) is 5.56 Å². The van der Waals surface area contributed by atoms with E-state index in [2.05, 4.69) is 4.98 Å².